The summed E-state index contributed by atoms with van der Waals surface area (Å²) in [5, 5.41) is 2.94. The zero-order chi connectivity index (χ0) is 17.6. The van der Waals surface area contributed by atoms with E-state index >= 15 is 0 Å². The Morgan fingerprint density at radius 3 is 2.84 bits per heavy atom. The molecule has 25 heavy (non-hydrogen) atoms. The molecule has 3 rings (SSSR count). The fraction of sp³-hybridized carbons (Fsp3) is 0.632. The lowest BCUT2D eigenvalue weighted by atomic mass is 10.1. The molecule has 0 unspecified atom stereocenters. The zero-order valence-corrected chi connectivity index (χ0v) is 15.0. The number of carbonyl (C=O) groups excluding carboxylic acids is 1. The highest BCUT2D eigenvalue weighted by Gasteiger charge is 2.23. The van der Waals surface area contributed by atoms with E-state index in [0.717, 1.165) is 44.6 Å². The largest absolute Gasteiger partial charge is 0.381 e. The van der Waals surface area contributed by atoms with Crippen LogP contribution in [0, 0.1) is 11.7 Å². The Hall–Kier alpha value is -1.82. The predicted octanol–water partition coefficient (Wildman–Crippen LogP) is 3.71. The number of ether oxygens (including phenoxy) is 1. The summed E-state index contributed by atoms with van der Waals surface area (Å²) in [6.07, 6.45) is 4.48. The van der Waals surface area contributed by atoms with Crippen molar-refractivity contribution in [1.82, 2.24) is 4.90 Å². The number of amides is 2. The molecule has 0 aromatic heterocycles. The van der Waals surface area contributed by atoms with Gasteiger partial charge in [-0.1, -0.05) is 0 Å². The minimum atomic E-state index is -0.330. The van der Waals surface area contributed by atoms with Gasteiger partial charge in [-0.3, -0.25) is 0 Å². The van der Waals surface area contributed by atoms with Crippen LogP contribution in [0.3, 0.4) is 0 Å². The van der Waals surface area contributed by atoms with Gasteiger partial charge in [0.2, 0.25) is 0 Å². The molecule has 0 saturated carbocycles. The maximum Gasteiger partial charge on any atom is 0.321 e. The third-order valence-electron chi connectivity index (χ3n) is 5.07. The number of rotatable bonds is 5. The number of nitrogens with zero attached hydrogens (tertiary/aromatic N) is 2. The van der Waals surface area contributed by atoms with Crippen LogP contribution in [0.15, 0.2) is 18.2 Å². The Morgan fingerprint density at radius 1 is 1.36 bits per heavy atom. The Kier molecular flexibility index (Phi) is 6.13. The molecule has 2 aliphatic heterocycles. The first-order valence-corrected chi connectivity index (χ1v) is 9.35. The number of nitrogens with one attached hydrogen (secondary N) is 1. The fourth-order valence-corrected chi connectivity index (χ4v) is 3.61. The van der Waals surface area contributed by atoms with Crippen LogP contribution in [0.25, 0.3) is 0 Å². The summed E-state index contributed by atoms with van der Waals surface area (Å²) in [4.78, 5) is 16.7. The summed E-state index contributed by atoms with van der Waals surface area (Å²) in [5.41, 5.74) is 1.47. The van der Waals surface area contributed by atoms with Crippen molar-refractivity contribution in [2.24, 2.45) is 5.92 Å². The molecule has 1 atom stereocenters. The van der Waals surface area contributed by atoms with Gasteiger partial charge in [-0.25, -0.2) is 9.18 Å². The molecule has 2 amide bonds. The fourth-order valence-electron chi connectivity index (χ4n) is 3.61. The molecule has 0 spiro atoms. The summed E-state index contributed by atoms with van der Waals surface area (Å²) in [6, 6.07) is 4.50. The highest BCUT2D eigenvalue weighted by Crippen LogP contribution is 2.29. The van der Waals surface area contributed by atoms with Crippen molar-refractivity contribution < 1.29 is 13.9 Å². The van der Waals surface area contributed by atoms with Gasteiger partial charge in [0.05, 0.1) is 18.0 Å². The summed E-state index contributed by atoms with van der Waals surface area (Å²) in [7, 11) is 0. The Balaban J connectivity index is 1.71. The average Bonchev–Trinajstić information content (AvgIpc) is 3.13. The summed E-state index contributed by atoms with van der Waals surface area (Å²) in [6.45, 7) is 6.65. The van der Waals surface area contributed by atoms with Gasteiger partial charge < -0.3 is 19.9 Å². The standard InChI is InChI=1S/C19H28FN3O2/c1-2-22(13-15-8-11-25-14-15)19(24)21-17-12-16(20)6-7-18(17)23-9-4-3-5-10-23/h6-7,12,15H,2-5,8-11,13-14H2,1H3,(H,21,24)/t15-/m0/s1. The molecule has 2 saturated heterocycles. The summed E-state index contributed by atoms with van der Waals surface area (Å²) >= 11 is 0. The van der Waals surface area contributed by atoms with Crippen LogP contribution in [0.5, 0.6) is 0 Å². The van der Waals surface area contributed by atoms with Crippen molar-refractivity contribution in [3.05, 3.63) is 24.0 Å². The van der Waals surface area contributed by atoms with Crippen molar-refractivity contribution >= 4 is 17.4 Å². The lowest BCUT2D eigenvalue weighted by Gasteiger charge is -2.31. The third kappa shape index (κ3) is 4.63. The Morgan fingerprint density at radius 2 is 2.16 bits per heavy atom. The maximum absolute atomic E-state index is 13.8. The minimum absolute atomic E-state index is 0.168. The molecular weight excluding hydrogens is 321 g/mol. The van der Waals surface area contributed by atoms with E-state index in [0.29, 0.717) is 31.3 Å². The van der Waals surface area contributed by atoms with Crippen LogP contribution < -0.4 is 10.2 Å². The van der Waals surface area contributed by atoms with E-state index in [1.54, 1.807) is 11.0 Å². The van der Waals surface area contributed by atoms with Gasteiger partial charge in [0, 0.05) is 38.7 Å². The molecule has 0 aliphatic carbocycles. The van der Waals surface area contributed by atoms with Gasteiger partial charge in [0.25, 0.3) is 0 Å². The summed E-state index contributed by atoms with van der Waals surface area (Å²) in [5.74, 6) is 0.0584. The number of hydrogen-bond donors (Lipinski definition) is 1. The number of anilines is 2. The third-order valence-corrected chi connectivity index (χ3v) is 5.07. The Labute approximate surface area is 149 Å². The molecule has 138 valence electrons. The number of carbonyl (C=O) groups is 1. The van der Waals surface area contributed by atoms with Gasteiger partial charge in [0.15, 0.2) is 0 Å². The zero-order valence-electron chi connectivity index (χ0n) is 15.0. The van der Waals surface area contributed by atoms with Gasteiger partial charge in [-0.2, -0.15) is 0 Å². The molecule has 0 radical (unpaired) electrons. The van der Waals surface area contributed by atoms with Crippen LogP contribution in [0.4, 0.5) is 20.6 Å². The average molecular weight is 349 g/mol. The molecule has 0 bridgehead atoms. The van der Waals surface area contributed by atoms with Crippen LogP contribution in [-0.4, -0.2) is 50.3 Å². The van der Waals surface area contributed by atoms with E-state index in [1.165, 1.54) is 18.6 Å². The van der Waals surface area contributed by atoms with E-state index < -0.39 is 0 Å². The predicted molar refractivity (Wildman–Crippen MR) is 97.7 cm³/mol. The molecule has 1 N–H and O–H groups in total. The molecule has 2 aliphatic rings. The van der Waals surface area contributed by atoms with Gasteiger partial charge in [-0.15, -0.1) is 0 Å². The number of hydrogen-bond acceptors (Lipinski definition) is 3. The first-order chi connectivity index (χ1) is 12.2. The topological polar surface area (TPSA) is 44.8 Å². The second kappa shape index (κ2) is 8.52. The number of urea groups is 1. The molecule has 2 fully saturated rings. The van der Waals surface area contributed by atoms with E-state index in [4.69, 9.17) is 4.74 Å². The Bertz CT molecular complexity index is 584. The van der Waals surface area contributed by atoms with E-state index in [9.17, 15) is 9.18 Å². The quantitative estimate of drug-likeness (QED) is 0.881. The molecular formula is C19H28FN3O2. The van der Waals surface area contributed by atoms with Gasteiger partial charge in [-0.05, 0) is 50.8 Å². The van der Waals surface area contributed by atoms with Crippen molar-refractivity contribution in [2.45, 2.75) is 32.6 Å². The monoisotopic (exact) mass is 349 g/mol. The second-order valence-electron chi connectivity index (χ2n) is 6.91. The van der Waals surface area contributed by atoms with E-state index in [2.05, 4.69) is 10.2 Å². The molecule has 1 aromatic carbocycles. The van der Waals surface area contributed by atoms with Crippen LogP contribution in [0.2, 0.25) is 0 Å². The lowest BCUT2D eigenvalue weighted by Crippen LogP contribution is -2.39. The number of piperidine rings is 1. The highest BCUT2D eigenvalue weighted by molar-refractivity contribution is 5.93. The van der Waals surface area contributed by atoms with Crippen molar-refractivity contribution in [2.75, 3.05) is 49.6 Å². The van der Waals surface area contributed by atoms with Crippen LogP contribution >= 0.6 is 0 Å². The van der Waals surface area contributed by atoms with Crippen molar-refractivity contribution in [3.63, 3.8) is 0 Å². The van der Waals surface area contributed by atoms with E-state index in [-0.39, 0.29) is 11.8 Å². The lowest BCUT2D eigenvalue weighted by molar-refractivity contribution is 0.171. The van der Waals surface area contributed by atoms with Crippen LogP contribution in [0.1, 0.15) is 32.6 Å². The first kappa shape index (κ1) is 18.0. The SMILES string of the molecule is CCN(C[C@@H]1CCOC1)C(=O)Nc1cc(F)ccc1N1CCCCC1. The summed E-state index contributed by atoms with van der Waals surface area (Å²) < 4.78 is 19.2. The highest BCUT2D eigenvalue weighted by atomic mass is 19.1. The second-order valence-corrected chi connectivity index (χ2v) is 6.91. The van der Waals surface area contributed by atoms with Gasteiger partial charge in [0.1, 0.15) is 5.82 Å². The first-order valence-electron chi connectivity index (χ1n) is 9.35. The van der Waals surface area contributed by atoms with Crippen molar-refractivity contribution in [1.29, 1.82) is 0 Å². The smallest absolute Gasteiger partial charge is 0.321 e. The van der Waals surface area contributed by atoms with Crippen molar-refractivity contribution in [3.8, 4) is 0 Å². The van der Waals surface area contributed by atoms with E-state index in [1.807, 2.05) is 6.92 Å². The normalized spacial score (nSPS) is 20.6. The number of benzene rings is 1. The van der Waals surface area contributed by atoms with Gasteiger partial charge >= 0.3 is 6.03 Å². The minimum Gasteiger partial charge on any atom is -0.381 e. The molecule has 6 heteroatoms. The molecule has 2 heterocycles. The van der Waals surface area contributed by atoms with Crippen LogP contribution in [-0.2, 0) is 4.74 Å². The molecule has 1 aromatic rings. The molecule has 5 nitrogen and oxygen atoms in total. The number of halogens is 1. The maximum atomic E-state index is 13.8.